The lowest BCUT2D eigenvalue weighted by Gasteiger charge is -2.30. The molecule has 128 valence electrons. The third kappa shape index (κ3) is 4.43. The lowest BCUT2D eigenvalue weighted by Crippen LogP contribution is -2.41. The number of aliphatic hydroxyl groups is 2. The Balaban J connectivity index is 2.20. The van der Waals surface area contributed by atoms with E-state index in [1.165, 1.54) is 0 Å². The number of hydrogen-bond donors (Lipinski definition) is 2. The van der Waals surface area contributed by atoms with Gasteiger partial charge in [0.15, 0.2) is 0 Å². The molecular weight excluding hydrogens is 302 g/mol. The Morgan fingerprint density at radius 1 is 1.00 bits per heavy atom. The maximum Gasteiger partial charge on any atom is 0.253 e. The van der Waals surface area contributed by atoms with E-state index in [9.17, 15) is 15.0 Å². The Morgan fingerprint density at radius 2 is 1.58 bits per heavy atom. The molecule has 2 N–H and O–H groups in total. The highest BCUT2D eigenvalue weighted by Crippen LogP contribution is 2.20. The number of amides is 1. The van der Waals surface area contributed by atoms with E-state index in [0.29, 0.717) is 18.5 Å². The number of rotatable bonds is 7. The zero-order valence-electron chi connectivity index (χ0n) is 14.3. The van der Waals surface area contributed by atoms with Crippen molar-refractivity contribution >= 4 is 5.91 Å². The maximum atomic E-state index is 12.8. The fraction of sp³-hybridized carbons (Fsp3) is 0.350. The lowest BCUT2D eigenvalue weighted by atomic mass is 9.92. The summed E-state index contributed by atoms with van der Waals surface area (Å²) in [4.78, 5) is 14.4. The SMILES string of the molecule is CN(CC(C)(CO)CO)C(=O)c1ccccc1Cc1ccccc1. The predicted octanol–water partition coefficient (Wildman–Crippen LogP) is 2.34. The summed E-state index contributed by atoms with van der Waals surface area (Å²) in [5.74, 6) is -0.102. The van der Waals surface area contributed by atoms with Gasteiger partial charge in [-0.2, -0.15) is 0 Å². The van der Waals surface area contributed by atoms with Crippen LogP contribution in [0.5, 0.6) is 0 Å². The van der Waals surface area contributed by atoms with Gasteiger partial charge in [0.05, 0.1) is 13.2 Å². The van der Waals surface area contributed by atoms with Crippen LogP contribution in [0.4, 0.5) is 0 Å². The van der Waals surface area contributed by atoms with Crippen molar-refractivity contribution < 1.29 is 15.0 Å². The molecule has 0 aromatic heterocycles. The van der Waals surface area contributed by atoms with E-state index in [0.717, 1.165) is 11.1 Å². The topological polar surface area (TPSA) is 60.8 Å². The number of hydrogen-bond acceptors (Lipinski definition) is 3. The van der Waals surface area contributed by atoms with Gasteiger partial charge in [0.25, 0.3) is 5.91 Å². The first-order chi connectivity index (χ1) is 11.5. The molecule has 2 aromatic carbocycles. The van der Waals surface area contributed by atoms with Gasteiger partial charge in [-0.15, -0.1) is 0 Å². The predicted molar refractivity (Wildman–Crippen MR) is 94.9 cm³/mol. The van der Waals surface area contributed by atoms with Gasteiger partial charge >= 0.3 is 0 Å². The van der Waals surface area contributed by atoms with E-state index >= 15 is 0 Å². The van der Waals surface area contributed by atoms with Crippen molar-refractivity contribution in [2.75, 3.05) is 26.8 Å². The molecule has 0 spiro atoms. The normalized spacial score (nSPS) is 11.3. The third-order valence-electron chi connectivity index (χ3n) is 4.21. The highest BCUT2D eigenvalue weighted by molar-refractivity contribution is 5.95. The van der Waals surface area contributed by atoms with Crippen LogP contribution in [-0.2, 0) is 6.42 Å². The molecule has 0 saturated carbocycles. The summed E-state index contributed by atoms with van der Waals surface area (Å²) >= 11 is 0. The van der Waals surface area contributed by atoms with Gasteiger partial charge in [0.1, 0.15) is 0 Å². The monoisotopic (exact) mass is 327 g/mol. The summed E-state index contributed by atoms with van der Waals surface area (Å²) in [5.41, 5.74) is 2.06. The first kappa shape index (κ1) is 18.2. The summed E-state index contributed by atoms with van der Waals surface area (Å²) in [6.45, 7) is 1.70. The third-order valence-corrected chi connectivity index (χ3v) is 4.21. The molecule has 0 heterocycles. The summed E-state index contributed by atoms with van der Waals surface area (Å²) in [7, 11) is 1.70. The molecule has 0 bridgehead atoms. The van der Waals surface area contributed by atoms with E-state index < -0.39 is 5.41 Å². The Bertz CT molecular complexity index is 666. The minimum atomic E-state index is -0.710. The molecule has 1 amide bonds. The summed E-state index contributed by atoms with van der Waals surface area (Å²) < 4.78 is 0. The molecule has 4 nitrogen and oxygen atoms in total. The van der Waals surface area contributed by atoms with Crippen LogP contribution < -0.4 is 0 Å². The number of aliphatic hydroxyl groups excluding tert-OH is 2. The van der Waals surface area contributed by atoms with E-state index in [1.54, 1.807) is 18.9 Å². The highest BCUT2D eigenvalue weighted by Gasteiger charge is 2.27. The zero-order valence-corrected chi connectivity index (χ0v) is 14.3. The lowest BCUT2D eigenvalue weighted by molar-refractivity contribution is 0.0366. The van der Waals surface area contributed by atoms with Crippen molar-refractivity contribution in [1.82, 2.24) is 4.90 Å². The molecule has 0 unspecified atom stereocenters. The Morgan fingerprint density at radius 3 is 2.21 bits per heavy atom. The van der Waals surface area contributed by atoms with Crippen LogP contribution in [-0.4, -0.2) is 47.8 Å². The molecule has 0 radical (unpaired) electrons. The molecule has 0 atom stereocenters. The molecule has 24 heavy (non-hydrogen) atoms. The van der Waals surface area contributed by atoms with Crippen molar-refractivity contribution in [3.05, 3.63) is 71.3 Å². The van der Waals surface area contributed by atoms with Crippen LogP contribution in [0.1, 0.15) is 28.4 Å². The van der Waals surface area contributed by atoms with E-state index in [-0.39, 0.29) is 19.1 Å². The van der Waals surface area contributed by atoms with Gasteiger partial charge in [-0.1, -0.05) is 55.5 Å². The van der Waals surface area contributed by atoms with Crippen molar-refractivity contribution in [3.63, 3.8) is 0 Å². The van der Waals surface area contributed by atoms with Gasteiger partial charge < -0.3 is 15.1 Å². The quantitative estimate of drug-likeness (QED) is 0.820. The van der Waals surface area contributed by atoms with Gasteiger partial charge in [-0.25, -0.2) is 0 Å². The second-order valence-corrected chi connectivity index (χ2v) is 6.61. The van der Waals surface area contributed by atoms with Gasteiger partial charge in [0, 0.05) is 24.6 Å². The zero-order chi connectivity index (χ0) is 17.6. The van der Waals surface area contributed by atoms with Gasteiger partial charge in [-0.3, -0.25) is 4.79 Å². The summed E-state index contributed by atoms with van der Waals surface area (Å²) in [5, 5.41) is 18.9. The van der Waals surface area contributed by atoms with Gasteiger partial charge in [-0.05, 0) is 23.6 Å². The largest absolute Gasteiger partial charge is 0.396 e. The minimum Gasteiger partial charge on any atom is -0.396 e. The molecule has 0 aliphatic rings. The smallest absolute Gasteiger partial charge is 0.253 e. The number of carbonyl (C=O) groups excluding carboxylic acids is 1. The molecule has 0 aliphatic carbocycles. The molecule has 4 heteroatoms. The fourth-order valence-corrected chi connectivity index (χ4v) is 2.70. The van der Waals surface area contributed by atoms with Crippen LogP contribution in [0, 0.1) is 5.41 Å². The highest BCUT2D eigenvalue weighted by atomic mass is 16.3. The summed E-state index contributed by atoms with van der Waals surface area (Å²) in [6, 6.07) is 17.6. The number of benzene rings is 2. The van der Waals surface area contributed by atoms with Crippen molar-refractivity contribution in [3.8, 4) is 0 Å². The Kier molecular flexibility index (Phi) is 6.12. The van der Waals surface area contributed by atoms with E-state index in [4.69, 9.17) is 0 Å². The van der Waals surface area contributed by atoms with E-state index in [1.807, 2.05) is 54.6 Å². The van der Waals surface area contributed by atoms with Crippen LogP contribution in [0.25, 0.3) is 0 Å². The van der Waals surface area contributed by atoms with Crippen LogP contribution in [0.3, 0.4) is 0 Å². The standard InChI is InChI=1S/C20H25NO3/c1-20(14-22,15-23)13-21(2)19(24)18-11-7-6-10-17(18)12-16-8-4-3-5-9-16/h3-11,22-23H,12-15H2,1-2H3. The molecule has 0 fully saturated rings. The molecule has 0 saturated heterocycles. The van der Waals surface area contributed by atoms with Gasteiger partial charge in [0.2, 0.25) is 0 Å². The molecular formula is C20H25NO3. The maximum absolute atomic E-state index is 12.8. The minimum absolute atomic E-state index is 0.102. The van der Waals surface area contributed by atoms with Crippen LogP contribution in [0.15, 0.2) is 54.6 Å². The van der Waals surface area contributed by atoms with Crippen LogP contribution in [0.2, 0.25) is 0 Å². The first-order valence-corrected chi connectivity index (χ1v) is 8.08. The van der Waals surface area contributed by atoms with Crippen LogP contribution >= 0.6 is 0 Å². The average Bonchev–Trinajstić information content (AvgIpc) is 2.62. The Labute approximate surface area is 143 Å². The number of carbonyl (C=O) groups is 1. The second kappa shape index (κ2) is 8.08. The molecule has 2 rings (SSSR count). The first-order valence-electron chi connectivity index (χ1n) is 8.08. The molecule has 0 aliphatic heterocycles. The van der Waals surface area contributed by atoms with Crippen molar-refractivity contribution in [2.45, 2.75) is 13.3 Å². The number of nitrogens with zero attached hydrogens (tertiary/aromatic N) is 1. The van der Waals surface area contributed by atoms with Crippen molar-refractivity contribution in [1.29, 1.82) is 0 Å². The van der Waals surface area contributed by atoms with E-state index in [2.05, 4.69) is 0 Å². The second-order valence-electron chi connectivity index (χ2n) is 6.61. The fourth-order valence-electron chi connectivity index (χ4n) is 2.70. The summed E-state index contributed by atoms with van der Waals surface area (Å²) in [6.07, 6.45) is 0.688. The van der Waals surface area contributed by atoms with Crippen molar-refractivity contribution in [2.24, 2.45) is 5.41 Å². The Hall–Kier alpha value is -2.17. The average molecular weight is 327 g/mol. The molecule has 2 aromatic rings.